The molecule has 0 saturated carbocycles. The minimum atomic E-state index is -0.616. The van der Waals surface area contributed by atoms with Crippen molar-refractivity contribution in [1.82, 2.24) is 0 Å². The molecule has 110 valence electrons. The number of rotatable bonds is 0. The summed E-state index contributed by atoms with van der Waals surface area (Å²) in [7, 11) is 0. The first-order valence-corrected chi connectivity index (χ1v) is 7.25. The largest absolute Gasteiger partial charge is 0.0636 e. The zero-order chi connectivity index (χ0) is 27.9. The molecule has 0 aliphatic heterocycles. The Bertz CT molecular complexity index is 1960. The van der Waals surface area contributed by atoms with Gasteiger partial charge in [0, 0.05) is 0 Å². The molecule has 0 heteroatoms. The molecule has 6 aromatic rings. The van der Waals surface area contributed by atoms with Gasteiger partial charge >= 0.3 is 0 Å². The third-order valence-corrected chi connectivity index (χ3v) is 4.25. The molecule has 0 radical (unpaired) electrons. The van der Waals surface area contributed by atoms with Gasteiger partial charge in [-0.2, -0.15) is 0 Å². The molecule has 0 aromatic heterocycles. The fraction of sp³-hybridized carbons (Fsp3) is 0. The maximum Gasteiger partial charge on any atom is 0.0636 e. The molecular formula is C24H14. The van der Waals surface area contributed by atoms with Crippen LogP contribution in [0.15, 0.2) is 84.6 Å². The van der Waals surface area contributed by atoms with Crippen molar-refractivity contribution in [3.05, 3.63) is 84.6 Å². The predicted molar refractivity (Wildman–Crippen MR) is 105 cm³/mol. The van der Waals surface area contributed by atoms with Gasteiger partial charge in [0.05, 0.1) is 19.2 Å². The van der Waals surface area contributed by atoms with Crippen molar-refractivity contribution in [3.8, 4) is 0 Å². The lowest BCUT2D eigenvalue weighted by Crippen LogP contribution is -1.87. The second-order valence-electron chi connectivity index (χ2n) is 5.50. The highest BCUT2D eigenvalue weighted by atomic mass is 14.2. The first-order valence-electron chi connectivity index (χ1n) is 14.2. The molecule has 0 spiro atoms. The van der Waals surface area contributed by atoms with Crippen LogP contribution in [0.3, 0.4) is 0 Å². The fourth-order valence-electron chi connectivity index (χ4n) is 3.25. The van der Waals surface area contributed by atoms with Crippen molar-refractivity contribution >= 4 is 53.9 Å². The second kappa shape index (κ2) is 4.24. The molecule has 6 rings (SSSR count). The van der Waals surface area contributed by atoms with Crippen LogP contribution in [0.5, 0.6) is 0 Å². The lowest BCUT2D eigenvalue weighted by Gasteiger charge is -2.14. The Kier molecular flexibility index (Phi) is 0.917. The fourth-order valence-corrected chi connectivity index (χ4v) is 3.25. The van der Waals surface area contributed by atoms with Crippen molar-refractivity contribution in [2.24, 2.45) is 0 Å². The molecule has 0 aliphatic rings. The third-order valence-electron chi connectivity index (χ3n) is 4.25. The highest BCUT2D eigenvalue weighted by Crippen LogP contribution is 2.40. The van der Waals surface area contributed by atoms with Crippen molar-refractivity contribution in [1.29, 1.82) is 0 Å². The third kappa shape index (κ3) is 1.43. The van der Waals surface area contributed by atoms with Crippen LogP contribution in [0.4, 0.5) is 0 Å². The summed E-state index contributed by atoms with van der Waals surface area (Å²) in [6.07, 6.45) is 0. The second-order valence-corrected chi connectivity index (χ2v) is 5.50. The number of hydrogen-bond acceptors (Lipinski definition) is 0. The normalized spacial score (nSPS) is 20.3. The van der Waals surface area contributed by atoms with Crippen molar-refractivity contribution in [3.63, 3.8) is 0 Å². The standard InChI is InChI=1S/C24H14/c1-3-7-19-15(5-1)13-17-9-12-22-20-8-4-2-6-16(20)14-18-10-11-21(19)23(17)24(18)22/h1-14H/i1D,2D,3D,4D,5D,6D,7D,8D,9D,10D,11D,12D,13D,14D. The number of benzene rings is 6. The van der Waals surface area contributed by atoms with Gasteiger partial charge in [-0.25, -0.2) is 0 Å². The maximum absolute atomic E-state index is 8.87. The molecule has 6 aromatic carbocycles. The van der Waals surface area contributed by atoms with Crippen LogP contribution >= 0.6 is 0 Å². The summed E-state index contributed by atoms with van der Waals surface area (Å²) in [4.78, 5) is 0. The zero-order valence-corrected chi connectivity index (χ0v) is 12.0. The lowest BCUT2D eigenvalue weighted by molar-refractivity contribution is 1.78. The van der Waals surface area contributed by atoms with Gasteiger partial charge in [0.25, 0.3) is 0 Å². The van der Waals surface area contributed by atoms with Crippen LogP contribution in [-0.2, 0) is 0 Å². The molecule has 0 fully saturated rings. The molecule has 0 bridgehead atoms. The van der Waals surface area contributed by atoms with Crippen LogP contribution in [0.1, 0.15) is 19.2 Å². The molecule has 0 nitrogen and oxygen atoms in total. The van der Waals surface area contributed by atoms with E-state index >= 15 is 0 Å². The Hall–Kier alpha value is -3.12. The Morgan fingerprint density at radius 2 is 0.875 bits per heavy atom. The van der Waals surface area contributed by atoms with E-state index in [1.54, 1.807) is 0 Å². The van der Waals surface area contributed by atoms with E-state index < -0.39 is 84.6 Å². The van der Waals surface area contributed by atoms with Crippen LogP contribution in [0.25, 0.3) is 53.9 Å². The summed E-state index contributed by atoms with van der Waals surface area (Å²) in [6.45, 7) is 0. The van der Waals surface area contributed by atoms with Gasteiger partial charge in [-0.05, 0) is 65.9 Å². The van der Waals surface area contributed by atoms with Crippen molar-refractivity contribution in [2.75, 3.05) is 0 Å². The van der Waals surface area contributed by atoms with Crippen LogP contribution in [0.2, 0.25) is 0 Å². The van der Waals surface area contributed by atoms with Gasteiger partial charge in [-0.1, -0.05) is 72.5 Å². The number of hydrogen-bond donors (Lipinski definition) is 0. The van der Waals surface area contributed by atoms with E-state index in [9.17, 15) is 0 Å². The van der Waals surface area contributed by atoms with Crippen molar-refractivity contribution < 1.29 is 19.2 Å². The summed E-state index contributed by atoms with van der Waals surface area (Å²) in [6, 6.07) is -7.74. The van der Waals surface area contributed by atoms with Crippen LogP contribution < -0.4 is 0 Å². The number of fused-ring (bicyclic) bond motifs is 4. The molecule has 0 N–H and O–H groups in total. The molecular weight excluding hydrogens is 288 g/mol. The van der Waals surface area contributed by atoms with Crippen LogP contribution in [0, 0.1) is 0 Å². The van der Waals surface area contributed by atoms with Crippen molar-refractivity contribution in [2.45, 2.75) is 0 Å². The highest BCUT2D eigenvalue weighted by molar-refractivity contribution is 6.32. The summed E-state index contributed by atoms with van der Waals surface area (Å²) in [5.41, 5.74) is 0. The minimum absolute atomic E-state index is 0.0256. The van der Waals surface area contributed by atoms with Gasteiger partial charge in [-0.15, -0.1) is 0 Å². The molecule has 24 heavy (non-hydrogen) atoms. The van der Waals surface area contributed by atoms with E-state index in [2.05, 4.69) is 0 Å². The lowest BCUT2D eigenvalue weighted by atomic mass is 9.89. The van der Waals surface area contributed by atoms with E-state index in [0.717, 1.165) is 0 Å². The zero-order valence-electron chi connectivity index (χ0n) is 26.0. The van der Waals surface area contributed by atoms with E-state index in [4.69, 9.17) is 19.2 Å². The van der Waals surface area contributed by atoms with Gasteiger partial charge in [0.2, 0.25) is 0 Å². The average molecular weight is 316 g/mol. The van der Waals surface area contributed by atoms with Gasteiger partial charge in [0.15, 0.2) is 0 Å². The predicted octanol–water partition coefficient (Wildman–Crippen LogP) is 6.89. The summed E-state index contributed by atoms with van der Waals surface area (Å²) in [5.74, 6) is 0. The minimum Gasteiger partial charge on any atom is -0.0616 e. The van der Waals surface area contributed by atoms with E-state index in [1.165, 1.54) is 0 Å². The highest BCUT2D eigenvalue weighted by Gasteiger charge is 2.12. The van der Waals surface area contributed by atoms with Gasteiger partial charge in [0.1, 0.15) is 0 Å². The molecule has 0 heterocycles. The van der Waals surface area contributed by atoms with Gasteiger partial charge in [-0.3, -0.25) is 0 Å². The molecule has 0 amide bonds. The summed E-state index contributed by atoms with van der Waals surface area (Å²) < 4.78 is 119. The molecule has 0 unspecified atom stereocenters. The Balaban J connectivity index is 2.17. The smallest absolute Gasteiger partial charge is 0.0616 e. The molecule has 0 saturated heterocycles. The quantitative estimate of drug-likeness (QED) is 0.211. The topological polar surface area (TPSA) is 0 Å². The Morgan fingerprint density at radius 3 is 1.38 bits per heavy atom. The van der Waals surface area contributed by atoms with E-state index in [1.807, 2.05) is 0 Å². The summed E-state index contributed by atoms with van der Waals surface area (Å²) in [5, 5.41) is -1.67. The first kappa shape index (κ1) is 5.19. The van der Waals surface area contributed by atoms with Crippen LogP contribution in [-0.4, -0.2) is 0 Å². The molecule has 0 aliphatic carbocycles. The Labute approximate surface area is 158 Å². The SMILES string of the molecule is [2H]c1c([2H])c([2H])c2c(c1[2H])c([2H])c1c([2H])c([2H])c3c4c([2H])c([2H])c([2H])c([2H])c4c([2H])c4c([2H])c([2H])c2c1c43. The maximum atomic E-state index is 8.87. The average Bonchev–Trinajstić information content (AvgIpc) is 2.88. The molecule has 0 atom stereocenters. The monoisotopic (exact) mass is 316 g/mol. The van der Waals surface area contributed by atoms with E-state index in [0.29, 0.717) is 0 Å². The Morgan fingerprint density at radius 1 is 0.417 bits per heavy atom. The van der Waals surface area contributed by atoms with E-state index in [-0.39, 0.29) is 53.9 Å². The van der Waals surface area contributed by atoms with Gasteiger partial charge < -0.3 is 0 Å². The first-order chi connectivity index (χ1) is 17.7. The summed E-state index contributed by atoms with van der Waals surface area (Å²) >= 11 is 0.